The molecule has 0 aliphatic heterocycles. The molecule has 66 valence electrons. The van der Waals surface area contributed by atoms with Crippen LogP contribution in [0.2, 0.25) is 0 Å². The molecule has 0 aromatic heterocycles. The normalized spacial score (nSPS) is 9.00. The lowest BCUT2D eigenvalue weighted by molar-refractivity contribution is -0.131. The third-order valence-corrected chi connectivity index (χ3v) is 2.16. The van der Waals surface area contributed by atoms with Gasteiger partial charge in [-0.1, -0.05) is 0 Å². The van der Waals surface area contributed by atoms with Crippen LogP contribution < -0.4 is 4.74 Å². The molecule has 0 atom stereocenters. The molecule has 1 rings (SSSR count). The molecule has 0 unspecified atom stereocenters. The quantitative estimate of drug-likeness (QED) is 0.451. The number of halogens is 1. The Kier molecular flexibility index (Phi) is 3.25. The molecule has 0 N–H and O–H groups in total. The van der Waals surface area contributed by atoms with E-state index >= 15 is 0 Å². The molecule has 0 aliphatic rings. The van der Waals surface area contributed by atoms with Gasteiger partial charge in [-0.05, 0) is 40.8 Å². The van der Waals surface area contributed by atoms with Gasteiger partial charge in [0.2, 0.25) is 0 Å². The molecule has 0 saturated carbocycles. The molecule has 13 heavy (non-hydrogen) atoms. The molecule has 0 aliphatic carbocycles. The van der Waals surface area contributed by atoms with Crippen molar-refractivity contribution < 1.29 is 9.53 Å². The van der Waals surface area contributed by atoms with Crippen LogP contribution in [0.4, 0.5) is 0 Å². The zero-order valence-corrected chi connectivity index (χ0v) is 9.03. The predicted molar refractivity (Wildman–Crippen MR) is 55.2 cm³/mol. The molecule has 3 nitrogen and oxygen atoms in total. The van der Waals surface area contributed by atoms with Gasteiger partial charge in [-0.2, -0.15) is 5.26 Å². The summed E-state index contributed by atoms with van der Waals surface area (Å²) >= 11 is 2.01. The number of carbonyl (C=O) groups is 1. The summed E-state index contributed by atoms with van der Waals surface area (Å²) in [5.74, 6) is 0.134. The van der Waals surface area contributed by atoms with Crippen LogP contribution in [-0.4, -0.2) is 5.97 Å². The Hall–Kier alpha value is -1.09. The molecular formula is C9H6INO2. The van der Waals surface area contributed by atoms with E-state index in [9.17, 15) is 4.79 Å². The Morgan fingerprint density at radius 1 is 1.62 bits per heavy atom. The van der Waals surface area contributed by atoms with Crippen molar-refractivity contribution in [1.29, 1.82) is 5.26 Å². The number of ether oxygens (including phenoxy) is 1. The molecular weight excluding hydrogens is 281 g/mol. The number of carbonyl (C=O) groups excluding carboxylic acids is 1. The predicted octanol–water partition coefficient (Wildman–Crippen LogP) is 2.09. The van der Waals surface area contributed by atoms with E-state index in [1.54, 1.807) is 18.2 Å². The lowest BCUT2D eigenvalue weighted by Gasteiger charge is -2.02. The van der Waals surface area contributed by atoms with Gasteiger partial charge < -0.3 is 4.74 Å². The number of hydrogen-bond donors (Lipinski definition) is 0. The zero-order chi connectivity index (χ0) is 9.84. The van der Waals surface area contributed by atoms with Crippen molar-refractivity contribution in [3.05, 3.63) is 27.3 Å². The van der Waals surface area contributed by atoms with E-state index in [2.05, 4.69) is 0 Å². The molecule has 4 heteroatoms. The standard InChI is InChI=1S/C9H6INO2/c1-6(12)13-9-3-2-7(5-11)4-8(9)10/h2-4H,1H3. The molecule has 0 radical (unpaired) electrons. The Morgan fingerprint density at radius 2 is 2.31 bits per heavy atom. The number of rotatable bonds is 1. The van der Waals surface area contributed by atoms with Gasteiger partial charge >= 0.3 is 5.97 Å². The second-order valence-corrected chi connectivity index (χ2v) is 3.51. The van der Waals surface area contributed by atoms with Crippen LogP contribution >= 0.6 is 22.6 Å². The van der Waals surface area contributed by atoms with E-state index in [4.69, 9.17) is 10.00 Å². The first-order valence-corrected chi connectivity index (χ1v) is 4.59. The van der Waals surface area contributed by atoms with Crippen LogP contribution in [0.15, 0.2) is 18.2 Å². The third kappa shape index (κ3) is 2.70. The summed E-state index contributed by atoms with van der Waals surface area (Å²) in [6.45, 7) is 1.34. The monoisotopic (exact) mass is 287 g/mol. The fourth-order valence-electron chi connectivity index (χ4n) is 0.808. The topological polar surface area (TPSA) is 50.1 Å². The maximum absolute atomic E-state index is 10.6. The summed E-state index contributed by atoms with van der Waals surface area (Å²) < 4.78 is 5.64. The molecule has 1 aromatic carbocycles. The van der Waals surface area contributed by atoms with Crippen molar-refractivity contribution in [1.82, 2.24) is 0 Å². The summed E-state index contributed by atoms with van der Waals surface area (Å²) in [6, 6.07) is 6.89. The van der Waals surface area contributed by atoms with Crippen molar-refractivity contribution in [3.8, 4) is 11.8 Å². The van der Waals surface area contributed by atoms with E-state index in [0.717, 1.165) is 3.57 Å². The lowest BCUT2D eigenvalue weighted by atomic mass is 10.2. The van der Waals surface area contributed by atoms with Gasteiger partial charge in [0, 0.05) is 6.92 Å². The Morgan fingerprint density at radius 3 is 2.77 bits per heavy atom. The largest absolute Gasteiger partial charge is 0.426 e. The van der Waals surface area contributed by atoms with Crippen molar-refractivity contribution in [3.63, 3.8) is 0 Å². The first-order valence-electron chi connectivity index (χ1n) is 3.51. The first kappa shape index (κ1) is 9.99. The Bertz CT molecular complexity index is 382. The molecule has 1 aromatic rings. The van der Waals surface area contributed by atoms with E-state index in [1.807, 2.05) is 28.7 Å². The Labute approximate surface area is 89.5 Å². The summed E-state index contributed by atoms with van der Waals surface area (Å²) in [6.07, 6.45) is 0. The molecule has 0 bridgehead atoms. The second kappa shape index (κ2) is 4.23. The van der Waals surface area contributed by atoms with E-state index < -0.39 is 0 Å². The fraction of sp³-hybridized carbons (Fsp3) is 0.111. The van der Waals surface area contributed by atoms with Gasteiger partial charge in [-0.15, -0.1) is 0 Å². The summed E-state index contributed by atoms with van der Waals surface area (Å²) in [5.41, 5.74) is 0.556. The van der Waals surface area contributed by atoms with E-state index in [-0.39, 0.29) is 5.97 Å². The van der Waals surface area contributed by atoms with Gasteiger partial charge in [0.15, 0.2) is 0 Å². The Balaban J connectivity index is 3.00. The first-order chi connectivity index (χ1) is 6.13. The molecule has 0 amide bonds. The van der Waals surface area contributed by atoms with E-state index in [0.29, 0.717) is 11.3 Å². The van der Waals surface area contributed by atoms with Crippen LogP contribution in [0, 0.1) is 14.9 Å². The number of nitrogens with zero attached hydrogens (tertiary/aromatic N) is 1. The van der Waals surface area contributed by atoms with Gasteiger partial charge in [0.25, 0.3) is 0 Å². The van der Waals surface area contributed by atoms with Crippen LogP contribution in [0.1, 0.15) is 12.5 Å². The smallest absolute Gasteiger partial charge is 0.308 e. The average Bonchev–Trinajstić information content (AvgIpc) is 2.08. The van der Waals surface area contributed by atoms with Crippen molar-refractivity contribution in [2.24, 2.45) is 0 Å². The molecule has 0 spiro atoms. The highest BCUT2D eigenvalue weighted by Gasteiger charge is 2.04. The minimum absolute atomic E-state index is 0.359. The SMILES string of the molecule is CC(=O)Oc1ccc(C#N)cc1I. The molecule has 0 fully saturated rings. The average molecular weight is 287 g/mol. The van der Waals surface area contributed by atoms with Gasteiger partial charge in [-0.3, -0.25) is 4.79 Å². The fourth-order valence-corrected chi connectivity index (χ4v) is 1.43. The van der Waals surface area contributed by atoms with Crippen LogP contribution in [0.25, 0.3) is 0 Å². The zero-order valence-electron chi connectivity index (χ0n) is 6.87. The number of nitriles is 1. The van der Waals surface area contributed by atoms with E-state index in [1.165, 1.54) is 6.92 Å². The summed E-state index contributed by atoms with van der Waals surface area (Å²) in [5, 5.41) is 8.57. The van der Waals surface area contributed by atoms with Crippen LogP contribution in [0.3, 0.4) is 0 Å². The highest BCUT2D eigenvalue weighted by molar-refractivity contribution is 14.1. The number of benzene rings is 1. The van der Waals surface area contributed by atoms with Gasteiger partial charge in [0.05, 0.1) is 15.2 Å². The summed E-state index contributed by atoms with van der Waals surface area (Å²) in [7, 11) is 0. The second-order valence-electron chi connectivity index (χ2n) is 2.35. The van der Waals surface area contributed by atoms with Crippen molar-refractivity contribution >= 4 is 28.6 Å². The van der Waals surface area contributed by atoms with Crippen LogP contribution in [0.5, 0.6) is 5.75 Å². The maximum atomic E-state index is 10.6. The highest BCUT2D eigenvalue weighted by atomic mass is 127. The minimum atomic E-state index is -0.359. The minimum Gasteiger partial charge on any atom is -0.426 e. The highest BCUT2D eigenvalue weighted by Crippen LogP contribution is 2.21. The van der Waals surface area contributed by atoms with Gasteiger partial charge in [-0.25, -0.2) is 0 Å². The summed E-state index contributed by atoms with van der Waals surface area (Å²) in [4.78, 5) is 10.6. The number of esters is 1. The number of hydrogen-bond acceptors (Lipinski definition) is 3. The van der Waals surface area contributed by atoms with Crippen LogP contribution in [-0.2, 0) is 4.79 Å². The van der Waals surface area contributed by atoms with Crippen molar-refractivity contribution in [2.75, 3.05) is 0 Å². The maximum Gasteiger partial charge on any atom is 0.308 e. The van der Waals surface area contributed by atoms with Crippen molar-refractivity contribution in [2.45, 2.75) is 6.92 Å². The molecule has 0 saturated heterocycles. The lowest BCUT2D eigenvalue weighted by Crippen LogP contribution is -2.02. The van der Waals surface area contributed by atoms with Gasteiger partial charge in [0.1, 0.15) is 5.75 Å². The third-order valence-electron chi connectivity index (χ3n) is 1.31. The molecule has 0 heterocycles.